The highest BCUT2D eigenvalue weighted by atomic mass is 32.3. The molecule has 1 atom stereocenters. The second-order valence-electron chi connectivity index (χ2n) is 5.06. The molecule has 0 spiro atoms. The van der Waals surface area contributed by atoms with E-state index in [1.54, 1.807) is 18.2 Å². The van der Waals surface area contributed by atoms with Gasteiger partial charge in [0.05, 0.1) is 6.61 Å². The molecule has 0 bridgehead atoms. The summed E-state index contributed by atoms with van der Waals surface area (Å²) in [6, 6.07) is 11.1. The Hall–Kier alpha value is -2.25. The molecule has 0 fully saturated rings. The van der Waals surface area contributed by atoms with Gasteiger partial charge in [0.1, 0.15) is 11.5 Å². The third-order valence-corrected chi connectivity index (χ3v) is 3.90. The van der Waals surface area contributed by atoms with Gasteiger partial charge in [-0.05, 0) is 35.7 Å². The van der Waals surface area contributed by atoms with E-state index in [0.29, 0.717) is 12.4 Å². The molecule has 0 radical (unpaired) electrons. The van der Waals surface area contributed by atoms with Gasteiger partial charge in [0.2, 0.25) is 0 Å². The Morgan fingerprint density at radius 2 is 1.91 bits per heavy atom. The summed E-state index contributed by atoms with van der Waals surface area (Å²) in [5, 5.41) is 11.3. The van der Waals surface area contributed by atoms with E-state index in [-0.39, 0.29) is 17.4 Å². The van der Waals surface area contributed by atoms with Crippen LogP contribution in [-0.2, 0) is 16.8 Å². The van der Waals surface area contributed by atoms with E-state index in [0.717, 1.165) is 17.5 Å². The molecule has 0 aliphatic carbocycles. The standard InChI is InChI=1S/C15H14O6S/c16-13-4-1-11-7-12(9-20-15(11)8-13)10-2-5-14(6-3-10)21-22(17,18)19/h1-6,8,12,16H,7,9H2,(H,17,18,19)/p-1/t12-/m1/s1. The lowest BCUT2D eigenvalue weighted by molar-refractivity contribution is -0.268. The quantitative estimate of drug-likeness (QED) is 0.864. The number of hydrogen-bond acceptors (Lipinski definition) is 5. The molecule has 0 unspecified atom stereocenters. The van der Waals surface area contributed by atoms with Crippen molar-refractivity contribution in [3.05, 3.63) is 53.6 Å². The fraction of sp³-hybridized carbons (Fsp3) is 0.200. The maximum atomic E-state index is 11.3. The average molecular weight is 321 g/mol. The molecule has 0 aromatic heterocycles. The summed E-state index contributed by atoms with van der Waals surface area (Å²) in [6.45, 7) is 0.439. The van der Waals surface area contributed by atoms with Gasteiger partial charge in [0.25, 0.3) is 0 Å². The van der Waals surface area contributed by atoms with Crippen molar-refractivity contribution in [1.82, 2.24) is 0 Å². The summed E-state index contributed by atoms with van der Waals surface area (Å²) in [5.41, 5.74) is 1.92. The minimum atomic E-state index is -4.51. The van der Waals surface area contributed by atoms with E-state index in [1.807, 2.05) is 0 Å². The molecule has 0 saturated heterocycles. The molecular formula is C15H13O6S-. The number of hydrogen-bond donors (Lipinski definition) is 1. The van der Waals surface area contributed by atoms with Crippen LogP contribution in [-0.4, -0.2) is 19.6 Å². The summed E-state index contributed by atoms with van der Waals surface area (Å²) in [7, 11) is -4.51. The van der Waals surface area contributed by atoms with Crippen molar-refractivity contribution in [3.8, 4) is 17.2 Å². The van der Waals surface area contributed by atoms with E-state index in [2.05, 4.69) is 4.18 Å². The first kappa shape index (κ1) is 14.7. The summed E-state index contributed by atoms with van der Waals surface area (Å²) >= 11 is 0. The molecule has 2 aromatic rings. The zero-order chi connectivity index (χ0) is 15.7. The molecule has 22 heavy (non-hydrogen) atoms. The Labute approximate surface area is 127 Å². The maximum Gasteiger partial charge on any atom is 0.446 e. The summed E-state index contributed by atoms with van der Waals surface area (Å²) in [5.74, 6) is 0.683. The van der Waals surface area contributed by atoms with Crippen LogP contribution in [0.4, 0.5) is 0 Å². The van der Waals surface area contributed by atoms with Crippen LogP contribution in [0.1, 0.15) is 17.0 Å². The Morgan fingerprint density at radius 3 is 2.59 bits per heavy atom. The normalized spacial score (nSPS) is 17.4. The Bertz CT molecular complexity index is 782. The molecule has 1 N–H and O–H groups in total. The number of ether oxygens (including phenoxy) is 1. The molecular weight excluding hydrogens is 308 g/mol. The van der Waals surface area contributed by atoms with Crippen LogP contribution in [0.25, 0.3) is 0 Å². The van der Waals surface area contributed by atoms with Gasteiger partial charge in [-0.1, -0.05) is 24.3 Å². The van der Waals surface area contributed by atoms with Crippen LogP contribution in [0, 0.1) is 0 Å². The highest BCUT2D eigenvalue weighted by molar-refractivity contribution is 7.81. The fourth-order valence-electron chi connectivity index (χ4n) is 2.48. The summed E-state index contributed by atoms with van der Waals surface area (Å²) in [6.07, 6.45) is 0.730. The molecule has 116 valence electrons. The number of benzene rings is 2. The highest BCUT2D eigenvalue weighted by Gasteiger charge is 2.21. The van der Waals surface area contributed by atoms with Crippen LogP contribution in [0.5, 0.6) is 17.2 Å². The number of fused-ring (bicyclic) bond motifs is 1. The van der Waals surface area contributed by atoms with Crippen molar-refractivity contribution in [2.24, 2.45) is 0 Å². The van der Waals surface area contributed by atoms with Gasteiger partial charge in [0, 0.05) is 5.92 Å². The highest BCUT2D eigenvalue weighted by Crippen LogP contribution is 2.34. The first-order valence-electron chi connectivity index (χ1n) is 6.60. The molecule has 0 saturated carbocycles. The van der Waals surface area contributed by atoms with Crippen molar-refractivity contribution < 1.29 is 27.0 Å². The third-order valence-electron chi connectivity index (χ3n) is 3.50. The largest absolute Gasteiger partial charge is 0.872 e. The van der Waals surface area contributed by atoms with E-state index < -0.39 is 10.4 Å². The maximum absolute atomic E-state index is 11.3. The molecule has 0 amide bonds. The first-order valence-corrected chi connectivity index (χ1v) is 7.97. The van der Waals surface area contributed by atoms with Crippen LogP contribution >= 0.6 is 0 Å². The van der Waals surface area contributed by atoms with Gasteiger partial charge >= 0.3 is 10.4 Å². The molecule has 3 rings (SSSR count). The van der Waals surface area contributed by atoms with Crippen LogP contribution in [0.3, 0.4) is 0 Å². The topological polar surface area (TPSA) is 95.9 Å². The van der Waals surface area contributed by atoms with Crippen LogP contribution < -0.4 is 14.0 Å². The smallest absolute Gasteiger partial charge is 0.446 e. The van der Waals surface area contributed by atoms with Crippen LogP contribution in [0.2, 0.25) is 0 Å². The summed E-state index contributed by atoms with van der Waals surface area (Å²) < 4.78 is 39.9. The zero-order valence-electron chi connectivity index (χ0n) is 11.4. The molecule has 7 heteroatoms. The molecule has 6 nitrogen and oxygen atoms in total. The van der Waals surface area contributed by atoms with Gasteiger partial charge in [0.15, 0.2) is 0 Å². The second kappa shape index (κ2) is 5.51. The van der Waals surface area contributed by atoms with E-state index >= 15 is 0 Å². The fourth-order valence-corrected chi connectivity index (χ4v) is 2.84. The van der Waals surface area contributed by atoms with Crippen LogP contribution in [0.15, 0.2) is 42.5 Å². The van der Waals surface area contributed by atoms with E-state index in [1.165, 1.54) is 24.3 Å². The van der Waals surface area contributed by atoms with Gasteiger partial charge in [-0.3, -0.25) is 4.55 Å². The van der Waals surface area contributed by atoms with Crippen molar-refractivity contribution in [2.45, 2.75) is 12.3 Å². The number of rotatable bonds is 3. The Balaban J connectivity index is 1.77. The van der Waals surface area contributed by atoms with Crippen molar-refractivity contribution in [3.63, 3.8) is 0 Å². The molecule has 1 aliphatic heterocycles. The predicted molar refractivity (Wildman–Crippen MR) is 76.4 cm³/mol. The van der Waals surface area contributed by atoms with Gasteiger partial charge in [-0.15, -0.1) is 5.75 Å². The zero-order valence-corrected chi connectivity index (χ0v) is 12.2. The second-order valence-corrected chi connectivity index (χ2v) is 6.08. The van der Waals surface area contributed by atoms with Crippen molar-refractivity contribution in [1.29, 1.82) is 0 Å². The van der Waals surface area contributed by atoms with Gasteiger partial charge < -0.3 is 14.0 Å². The monoisotopic (exact) mass is 321 g/mol. The first-order chi connectivity index (χ1) is 10.4. The van der Waals surface area contributed by atoms with E-state index in [9.17, 15) is 13.5 Å². The lowest BCUT2D eigenvalue weighted by Crippen LogP contribution is -2.19. The molecule has 1 aliphatic rings. The Kier molecular flexibility index (Phi) is 3.67. The van der Waals surface area contributed by atoms with Crippen molar-refractivity contribution in [2.75, 3.05) is 6.61 Å². The predicted octanol–water partition coefficient (Wildman–Crippen LogP) is 1.66. The Morgan fingerprint density at radius 1 is 1.18 bits per heavy atom. The molecule has 1 heterocycles. The molecule has 2 aromatic carbocycles. The minimum Gasteiger partial charge on any atom is -0.872 e. The van der Waals surface area contributed by atoms with E-state index in [4.69, 9.17) is 9.29 Å². The minimum absolute atomic E-state index is 0.0411. The summed E-state index contributed by atoms with van der Waals surface area (Å²) in [4.78, 5) is 0. The third kappa shape index (κ3) is 3.32. The average Bonchev–Trinajstić information content (AvgIpc) is 2.46. The van der Waals surface area contributed by atoms with Gasteiger partial charge in [-0.2, -0.15) is 8.42 Å². The van der Waals surface area contributed by atoms with Crippen molar-refractivity contribution >= 4 is 10.4 Å². The lowest BCUT2D eigenvalue weighted by Gasteiger charge is -2.26. The van der Waals surface area contributed by atoms with Gasteiger partial charge in [-0.25, -0.2) is 0 Å². The SMILES string of the molecule is O=S(=O)(O)Oc1ccc([C@H]2COc3cc([O-])ccc3C2)cc1. The lowest BCUT2D eigenvalue weighted by atomic mass is 9.90.